The second-order valence-electron chi connectivity index (χ2n) is 8.15. The van der Waals surface area contributed by atoms with Crippen LogP contribution in [-0.2, 0) is 11.2 Å². The van der Waals surface area contributed by atoms with Crippen molar-refractivity contribution in [1.82, 2.24) is 9.88 Å². The Morgan fingerprint density at radius 1 is 1.15 bits per heavy atom. The van der Waals surface area contributed by atoms with E-state index < -0.39 is 4.92 Å². The smallest absolute Gasteiger partial charge is 0.270 e. The molecule has 2 aromatic carbocycles. The molecular formula is C24H24N4O4S2. The summed E-state index contributed by atoms with van der Waals surface area (Å²) in [6, 6.07) is 12.7. The highest BCUT2D eigenvalue weighted by Gasteiger charge is 2.25. The van der Waals surface area contributed by atoms with Crippen molar-refractivity contribution in [2.75, 3.05) is 44.3 Å². The Morgan fingerprint density at radius 2 is 1.97 bits per heavy atom. The third-order valence-corrected chi connectivity index (χ3v) is 8.14. The summed E-state index contributed by atoms with van der Waals surface area (Å²) in [5, 5.41) is 12.5. The standard InChI is InChI=1S/C24H24N4O4S2/c1-2-16-3-5-19-21(13-16)34-24(25-19)27(8-7-26-9-11-32-12-10-26)23(29)22-15-17-14-18(28(30)31)4-6-20(17)33-22/h3-6,13-15H,2,7-12H2,1H3. The maximum absolute atomic E-state index is 13.7. The van der Waals surface area contributed by atoms with Gasteiger partial charge in [-0.15, -0.1) is 11.3 Å². The van der Waals surface area contributed by atoms with E-state index in [2.05, 4.69) is 24.0 Å². The molecule has 1 fully saturated rings. The van der Waals surface area contributed by atoms with Crippen LogP contribution in [0.3, 0.4) is 0 Å². The number of rotatable bonds is 7. The van der Waals surface area contributed by atoms with Crippen LogP contribution in [0.5, 0.6) is 0 Å². The number of nitro groups is 1. The van der Waals surface area contributed by atoms with Crippen LogP contribution in [0.15, 0.2) is 42.5 Å². The molecule has 0 unspecified atom stereocenters. The molecular weight excluding hydrogens is 472 g/mol. The summed E-state index contributed by atoms with van der Waals surface area (Å²) >= 11 is 2.88. The second kappa shape index (κ2) is 9.75. The van der Waals surface area contributed by atoms with Crippen molar-refractivity contribution in [2.24, 2.45) is 0 Å². The average Bonchev–Trinajstić information content (AvgIpc) is 3.47. The number of morpholine rings is 1. The number of thiazole rings is 1. The Bertz CT molecular complexity index is 1360. The molecule has 3 heterocycles. The molecule has 0 N–H and O–H groups in total. The summed E-state index contributed by atoms with van der Waals surface area (Å²) in [5.41, 5.74) is 2.14. The fourth-order valence-corrected chi connectivity index (χ4v) is 6.07. The topological polar surface area (TPSA) is 88.8 Å². The van der Waals surface area contributed by atoms with Gasteiger partial charge in [-0.05, 0) is 36.2 Å². The summed E-state index contributed by atoms with van der Waals surface area (Å²) in [4.78, 5) is 33.9. The number of carbonyl (C=O) groups excluding carboxylic acids is 1. The van der Waals surface area contributed by atoms with Crippen LogP contribution in [-0.4, -0.2) is 60.1 Å². The van der Waals surface area contributed by atoms with E-state index in [4.69, 9.17) is 9.72 Å². The number of nitrogens with zero attached hydrogens (tertiary/aromatic N) is 4. The van der Waals surface area contributed by atoms with Crippen molar-refractivity contribution < 1.29 is 14.5 Å². The molecule has 0 aliphatic carbocycles. The fraction of sp³-hybridized carbons (Fsp3) is 0.333. The van der Waals surface area contributed by atoms with E-state index in [1.54, 1.807) is 17.0 Å². The molecule has 176 valence electrons. The van der Waals surface area contributed by atoms with E-state index in [0.717, 1.165) is 41.0 Å². The Balaban J connectivity index is 1.48. The Kier molecular flexibility index (Phi) is 6.55. The molecule has 1 aliphatic rings. The van der Waals surface area contributed by atoms with E-state index in [0.29, 0.717) is 35.2 Å². The minimum absolute atomic E-state index is 0.0198. The van der Waals surface area contributed by atoms with Crippen LogP contribution in [0.25, 0.3) is 20.3 Å². The number of fused-ring (bicyclic) bond motifs is 2. The number of aromatic nitrogens is 1. The van der Waals surface area contributed by atoms with Gasteiger partial charge in [0.25, 0.3) is 11.6 Å². The van der Waals surface area contributed by atoms with Gasteiger partial charge in [-0.1, -0.05) is 24.3 Å². The number of hydrogen-bond donors (Lipinski definition) is 0. The van der Waals surface area contributed by atoms with Gasteiger partial charge in [0.15, 0.2) is 5.13 Å². The third-order valence-electron chi connectivity index (χ3n) is 5.99. The third kappa shape index (κ3) is 4.67. The molecule has 4 aromatic rings. The van der Waals surface area contributed by atoms with Gasteiger partial charge in [0.2, 0.25) is 0 Å². The van der Waals surface area contributed by atoms with E-state index in [1.807, 2.05) is 6.07 Å². The van der Waals surface area contributed by atoms with Crippen molar-refractivity contribution in [1.29, 1.82) is 0 Å². The lowest BCUT2D eigenvalue weighted by Gasteiger charge is -2.29. The first-order chi connectivity index (χ1) is 16.5. The SMILES string of the molecule is CCc1ccc2nc(N(CCN3CCOCC3)C(=O)c3cc4cc([N+](=O)[O-])ccc4s3)sc2c1. The molecule has 2 aromatic heterocycles. The zero-order valence-corrected chi connectivity index (χ0v) is 20.4. The van der Waals surface area contributed by atoms with E-state index in [-0.39, 0.29) is 11.6 Å². The highest BCUT2D eigenvalue weighted by Crippen LogP contribution is 2.34. The van der Waals surface area contributed by atoms with Gasteiger partial charge in [-0.3, -0.25) is 24.7 Å². The molecule has 1 amide bonds. The van der Waals surface area contributed by atoms with Crippen molar-refractivity contribution in [2.45, 2.75) is 13.3 Å². The molecule has 0 atom stereocenters. The summed E-state index contributed by atoms with van der Waals surface area (Å²) in [7, 11) is 0. The molecule has 8 nitrogen and oxygen atoms in total. The summed E-state index contributed by atoms with van der Waals surface area (Å²) in [6.07, 6.45) is 0.941. The first-order valence-corrected chi connectivity index (χ1v) is 12.8. The molecule has 1 aliphatic heterocycles. The quantitative estimate of drug-likeness (QED) is 0.265. The lowest BCUT2D eigenvalue weighted by molar-refractivity contribution is -0.384. The van der Waals surface area contributed by atoms with E-state index >= 15 is 0 Å². The monoisotopic (exact) mass is 496 g/mol. The lowest BCUT2D eigenvalue weighted by atomic mass is 10.2. The summed E-state index contributed by atoms with van der Waals surface area (Å²) in [6.45, 7) is 6.43. The average molecular weight is 497 g/mol. The van der Waals surface area contributed by atoms with Crippen molar-refractivity contribution in [3.05, 3.63) is 63.0 Å². The zero-order chi connectivity index (χ0) is 23.7. The fourth-order valence-electron chi connectivity index (χ4n) is 4.03. The molecule has 10 heteroatoms. The Labute approximate surface area is 204 Å². The first kappa shape index (κ1) is 22.9. The van der Waals surface area contributed by atoms with Gasteiger partial charge in [0, 0.05) is 48.4 Å². The van der Waals surface area contributed by atoms with Crippen LogP contribution >= 0.6 is 22.7 Å². The number of carbonyl (C=O) groups is 1. The molecule has 5 rings (SSSR count). The Morgan fingerprint density at radius 3 is 2.74 bits per heavy atom. The molecule has 0 bridgehead atoms. The zero-order valence-electron chi connectivity index (χ0n) is 18.7. The van der Waals surface area contributed by atoms with Gasteiger partial charge in [-0.25, -0.2) is 4.98 Å². The maximum atomic E-state index is 13.7. The van der Waals surface area contributed by atoms with Crippen molar-refractivity contribution in [3.8, 4) is 0 Å². The van der Waals surface area contributed by atoms with Gasteiger partial charge >= 0.3 is 0 Å². The minimum Gasteiger partial charge on any atom is -0.379 e. The number of amides is 1. The first-order valence-electron chi connectivity index (χ1n) is 11.2. The molecule has 1 saturated heterocycles. The van der Waals surface area contributed by atoms with E-state index in [1.165, 1.54) is 40.4 Å². The molecule has 0 spiro atoms. The summed E-state index contributed by atoms with van der Waals surface area (Å²) in [5.74, 6) is -0.133. The number of hydrogen-bond acceptors (Lipinski definition) is 8. The van der Waals surface area contributed by atoms with Crippen LogP contribution in [0.1, 0.15) is 22.2 Å². The van der Waals surface area contributed by atoms with Gasteiger partial charge in [-0.2, -0.15) is 0 Å². The van der Waals surface area contributed by atoms with Crippen LogP contribution in [0.4, 0.5) is 10.8 Å². The highest BCUT2D eigenvalue weighted by atomic mass is 32.1. The van der Waals surface area contributed by atoms with Crippen molar-refractivity contribution >= 4 is 59.7 Å². The normalized spacial score (nSPS) is 14.6. The number of thiophene rings is 1. The number of aryl methyl sites for hydroxylation is 1. The lowest BCUT2D eigenvalue weighted by Crippen LogP contribution is -2.43. The van der Waals surface area contributed by atoms with Crippen LogP contribution in [0.2, 0.25) is 0 Å². The predicted octanol–water partition coefficient (Wildman–Crippen LogP) is 4.96. The van der Waals surface area contributed by atoms with Crippen LogP contribution in [0, 0.1) is 10.1 Å². The Hall–Kier alpha value is -2.92. The molecule has 34 heavy (non-hydrogen) atoms. The molecule has 0 saturated carbocycles. The minimum atomic E-state index is -0.418. The number of ether oxygens (including phenoxy) is 1. The molecule has 0 radical (unpaired) electrons. The highest BCUT2D eigenvalue weighted by molar-refractivity contribution is 7.23. The number of benzene rings is 2. The van der Waals surface area contributed by atoms with Gasteiger partial charge in [0.05, 0.1) is 33.2 Å². The number of non-ortho nitro benzene ring substituents is 1. The largest absolute Gasteiger partial charge is 0.379 e. The maximum Gasteiger partial charge on any atom is 0.270 e. The van der Waals surface area contributed by atoms with E-state index in [9.17, 15) is 14.9 Å². The van der Waals surface area contributed by atoms with Crippen molar-refractivity contribution in [3.63, 3.8) is 0 Å². The summed E-state index contributed by atoms with van der Waals surface area (Å²) < 4.78 is 7.36. The van der Waals surface area contributed by atoms with Crippen LogP contribution < -0.4 is 4.90 Å². The van der Waals surface area contributed by atoms with Gasteiger partial charge < -0.3 is 4.74 Å². The second-order valence-corrected chi connectivity index (χ2v) is 10.2. The number of anilines is 1. The predicted molar refractivity (Wildman–Crippen MR) is 136 cm³/mol. The number of nitro benzene ring substituents is 1. The van der Waals surface area contributed by atoms with Gasteiger partial charge in [0.1, 0.15) is 0 Å².